The molecule has 0 radical (unpaired) electrons. The summed E-state index contributed by atoms with van der Waals surface area (Å²) in [6.07, 6.45) is -4.29. The van der Waals surface area contributed by atoms with Crippen LogP contribution in [0.15, 0.2) is 24.3 Å². The van der Waals surface area contributed by atoms with Gasteiger partial charge in [-0.2, -0.15) is 0 Å². The highest BCUT2D eigenvalue weighted by molar-refractivity contribution is 5.36. The third kappa shape index (κ3) is 3.21. The zero-order valence-corrected chi connectivity index (χ0v) is 13.2. The predicted molar refractivity (Wildman–Crippen MR) is 79.3 cm³/mol. The summed E-state index contributed by atoms with van der Waals surface area (Å²) in [6, 6.07) is 5.39. The minimum absolute atomic E-state index is 0.0740. The molecule has 0 bridgehead atoms. The van der Waals surface area contributed by atoms with Gasteiger partial charge in [0, 0.05) is 12.1 Å². The van der Waals surface area contributed by atoms with Crippen LogP contribution in [-0.2, 0) is 14.2 Å². The van der Waals surface area contributed by atoms with Gasteiger partial charge in [0.25, 0.3) is 5.69 Å². The number of nitro groups is 1. The molecule has 5 atom stereocenters. The van der Waals surface area contributed by atoms with Crippen molar-refractivity contribution in [3.63, 3.8) is 0 Å². The van der Waals surface area contributed by atoms with Gasteiger partial charge in [-0.25, -0.2) is 0 Å². The molecule has 24 heavy (non-hydrogen) atoms. The van der Waals surface area contributed by atoms with E-state index in [1.165, 1.54) is 24.3 Å². The highest BCUT2D eigenvalue weighted by atomic mass is 16.8. The van der Waals surface area contributed by atoms with Crippen LogP contribution in [0.1, 0.15) is 13.8 Å². The molecule has 0 aliphatic carbocycles. The van der Waals surface area contributed by atoms with E-state index in [0.717, 1.165) is 0 Å². The van der Waals surface area contributed by atoms with Gasteiger partial charge < -0.3 is 29.2 Å². The van der Waals surface area contributed by atoms with Gasteiger partial charge >= 0.3 is 0 Å². The Morgan fingerprint density at radius 2 is 1.88 bits per heavy atom. The van der Waals surface area contributed by atoms with Gasteiger partial charge in [0.1, 0.15) is 30.2 Å². The third-order valence-corrected chi connectivity index (χ3v) is 3.93. The Balaban J connectivity index is 1.75. The molecule has 0 amide bonds. The molecule has 9 nitrogen and oxygen atoms in total. The molecule has 0 spiro atoms. The lowest BCUT2D eigenvalue weighted by Gasteiger charge is -2.39. The molecule has 1 aromatic rings. The summed E-state index contributed by atoms with van der Waals surface area (Å²) in [5.74, 6) is -0.618. The SMILES string of the molecule is CC1(C)OC2C(O)[C@@H](Oc3ccc([N+](=O)[O-])cc3)OC(CO)[C@@H]2O1. The van der Waals surface area contributed by atoms with E-state index < -0.39 is 41.4 Å². The fourth-order valence-corrected chi connectivity index (χ4v) is 2.88. The average Bonchev–Trinajstić information content (AvgIpc) is 2.86. The van der Waals surface area contributed by atoms with Crippen LogP contribution in [0, 0.1) is 10.1 Å². The Hall–Kier alpha value is -1.78. The number of hydrogen-bond acceptors (Lipinski definition) is 8. The van der Waals surface area contributed by atoms with Crippen molar-refractivity contribution in [3.8, 4) is 5.75 Å². The molecule has 1 aromatic carbocycles. The number of nitro benzene ring substituents is 1. The lowest BCUT2D eigenvalue weighted by molar-refractivity contribution is -0.384. The van der Waals surface area contributed by atoms with E-state index in [9.17, 15) is 20.3 Å². The number of aliphatic hydroxyl groups is 2. The molecule has 9 heteroatoms. The van der Waals surface area contributed by atoms with Gasteiger partial charge in [0.05, 0.1) is 11.5 Å². The van der Waals surface area contributed by atoms with Crippen molar-refractivity contribution in [1.29, 1.82) is 0 Å². The molecule has 0 saturated carbocycles. The molecule has 0 aromatic heterocycles. The summed E-state index contributed by atoms with van der Waals surface area (Å²) >= 11 is 0. The van der Waals surface area contributed by atoms with Gasteiger partial charge in [-0.05, 0) is 26.0 Å². The molecule has 2 fully saturated rings. The fourth-order valence-electron chi connectivity index (χ4n) is 2.88. The Labute approximate surface area is 137 Å². The maximum absolute atomic E-state index is 10.7. The monoisotopic (exact) mass is 341 g/mol. The fraction of sp³-hybridized carbons (Fsp3) is 0.600. The largest absolute Gasteiger partial charge is 0.462 e. The first-order chi connectivity index (χ1) is 11.3. The molecule has 2 heterocycles. The minimum atomic E-state index is -1.14. The zero-order valence-electron chi connectivity index (χ0n) is 13.2. The Morgan fingerprint density at radius 3 is 2.46 bits per heavy atom. The molecule has 2 saturated heterocycles. The molecule has 132 valence electrons. The van der Waals surface area contributed by atoms with E-state index in [1.54, 1.807) is 13.8 Å². The van der Waals surface area contributed by atoms with Crippen LogP contribution in [0.2, 0.25) is 0 Å². The second kappa shape index (κ2) is 6.26. The maximum atomic E-state index is 10.7. The standard InChI is InChI=1S/C15H19NO8/c1-15(2)23-12-10(7-17)22-14(11(18)13(12)24-15)21-9-5-3-8(4-6-9)16(19)20/h3-6,10-14,17-18H,7H2,1-2H3/t10?,11?,12-,13?,14-/m0/s1. The van der Waals surface area contributed by atoms with E-state index in [2.05, 4.69) is 0 Å². The quantitative estimate of drug-likeness (QED) is 0.602. The van der Waals surface area contributed by atoms with E-state index in [1.807, 2.05) is 0 Å². The highest BCUT2D eigenvalue weighted by Crippen LogP contribution is 2.38. The number of non-ortho nitro benzene ring substituents is 1. The number of aliphatic hydroxyl groups excluding tert-OH is 2. The maximum Gasteiger partial charge on any atom is 0.269 e. The highest BCUT2D eigenvalue weighted by Gasteiger charge is 2.55. The second-order valence-electron chi connectivity index (χ2n) is 6.15. The van der Waals surface area contributed by atoms with Crippen molar-refractivity contribution < 1.29 is 34.1 Å². The first-order valence-corrected chi connectivity index (χ1v) is 7.52. The first-order valence-electron chi connectivity index (χ1n) is 7.52. The third-order valence-electron chi connectivity index (χ3n) is 3.93. The molecule has 2 aliphatic rings. The topological polar surface area (TPSA) is 121 Å². The first kappa shape index (κ1) is 17.1. The zero-order chi connectivity index (χ0) is 17.5. The van der Waals surface area contributed by atoms with Crippen molar-refractivity contribution in [2.24, 2.45) is 0 Å². The van der Waals surface area contributed by atoms with Gasteiger partial charge in [-0.3, -0.25) is 10.1 Å². The van der Waals surface area contributed by atoms with E-state index in [4.69, 9.17) is 18.9 Å². The average molecular weight is 341 g/mol. The van der Waals surface area contributed by atoms with Gasteiger partial charge in [0.2, 0.25) is 6.29 Å². The molecule has 3 rings (SSSR count). The summed E-state index contributed by atoms with van der Waals surface area (Å²) in [6.45, 7) is 3.09. The van der Waals surface area contributed by atoms with E-state index in [-0.39, 0.29) is 18.0 Å². The van der Waals surface area contributed by atoms with Crippen LogP contribution in [0.5, 0.6) is 5.75 Å². The summed E-state index contributed by atoms with van der Waals surface area (Å²) in [7, 11) is 0. The van der Waals surface area contributed by atoms with E-state index in [0.29, 0.717) is 0 Å². The summed E-state index contributed by atoms with van der Waals surface area (Å²) < 4.78 is 22.5. The number of rotatable bonds is 4. The van der Waals surface area contributed by atoms with Gasteiger partial charge in [0.15, 0.2) is 5.79 Å². The van der Waals surface area contributed by atoms with Crippen LogP contribution < -0.4 is 4.74 Å². The minimum Gasteiger partial charge on any atom is -0.462 e. The van der Waals surface area contributed by atoms with Crippen LogP contribution in [0.25, 0.3) is 0 Å². The van der Waals surface area contributed by atoms with Crippen molar-refractivity contribution in [2.45, 2.75) is 50.3 Å². The lowest BCUT2D eigenvalue weighted by atomic mass is 9.99. The molecule has 2 aliphatic heterocycles. The van der Waals surface area contributed by atoms with Crippen LogP contribution in [0.4, 0.5) is 5.69 Å². The number of nitrogens with zero attached hydrogens (tertiary/aromatic N) is 1. The van der Waals surface area contributed by atoms with Crippen molar-refractivity contribution in [1.82, 2.24) is 0 Å². The molecular formula is C15H19NO8. The van der Waals surface area contributed by atoms with Crippen molar-refractivity contribution >= 4 is 5.69 Å². The van der Waals surface area contributed by atoms with Crippen molar-refractivity contribution in [2.75, 3.05) is 6.61 Å². The number of fused-ring (bicyclic) bond motifs is 1. The Bertz CT molecular complexity index is 604. The lowest BCUT2D eigenvalue weighted by Crippen LogP contribution is -2.58. The number of hydrogen-bond donors (Lipinski definition) is 2. The van der Waals surface area contributed by atoms with Crippen LogP contribution in [-0.4, -0.2) is 58.2 Å². The molecule has 3 unspecified atom stereocenters. The molecular weight excluding hydrogens is 322 g/mol. The number of ether oxygens (including phenoxy) is 4. The summed E-state index contributed by atoms with van der Waals surface area (Å²) in [5.41, 5.74) is -0.0740. The van der Waals surface area contributed by atoms with Crippen molar-refractivity contribution in [3.05, 3.63) is 34.4 Å². The van der Waals surface area contributed by atoms with Crippen LogP contribution >= 0.6 is 0 Å². The smallest absolute Gasteiger partial charge is 0.269 e. The molecule has 2 N–H and O–H groups in total. The Morgan fingerprint density at radius 1 is 1.25 bits per heavy atom. The van der Waals surface area contributed by atoms with Gasteiger partial charge in [-0.15, -0.1) is 0 Å². The van der Waals surface area contributed by atoms with Gasteiger partial charge in [-0.1, -0.05) is 0 Å². The predicted octanol–water partition coefficient (Wildman–Crippen LogP) is 0.572. The summed E-state index contributed by atoms with van der Waals surface area (Å²) in [5, 5.41) is 30.6. The van der Waals surface area contributed by atoms with Crippen LogP contribution in [0.3, 0.4) is 0 Å². The van der Waals surface area contributed by atoms with E-state index >= 15 is 0 Å². The number of benzene rings is 1. The Kier molecular flexibility index (Phi) is 4.45. The summed E-state index contributed by atoms with van der Waals surface area (Å²) in [4.78, 5) is 10.1. The normalized spacial score (nSPS) is 34.6. The second-order valence-corrected chi connectivity index (χ2v) is 6.15.